The van der Waals surface area contributed by atoms with Crippen LogP contribution in [0.2, 0.25) is 0 Å². The minimum Gasteiger partial charge on any atom is -0.341 e. The van der Waals surface area contributed by atoms with E-state index in [0.717, 1.165) is 25.7 Å². The lowest BCUT2D eigenvalue weighted by Crippen LogP contribution is -2.54. The normalized spacial score (nSPS) is 16.7. The Morgan fingerprint density at radius 3 is 2.03 bits per heavy atom. The number of allylic oxidation sites excluding steroid dienone is 1. The third-order valence-corrected chi connectivity index (χ3v) is 5.87. The van der Waals surface area contributed by atoms with E-state index in [0.29, 0.717) is 18.7 Å². The Hall–Kier alpha value is -2.38. The summed E-state index contributed by atoms with van der Waals surface area (Å²) < 4.78 is 0. The van der Waals surface area contributed by atoms with Crippen LogP contribution < -0.4 is 10.6 Å². The maximum Gasteiger partial charge on any atom is 0.268 e. The van der Waals surface area contributed by atoms with Crippen molar-refractivity contribution >= 4 is 23.6 Å². The molecule has 0 aromatic carbocycles. The van der Waals surface area contributed by atoms with Crippen molar-refractivity contribution in [2.75, 3.05) is 20.1 Å². The molecule has 1 rings (SSSR count). The number of piperidine rings is 1. The summed E-state index contributed by atoms with van der Waals surface area (Å²) in [4.78, 5) is 53.3. The van der Waals surface area contributed by atoms with Crippen LogP contribution in [0.4, 0.5) is 0 Å². The van der Waals surface area contributed by atoms with Gasteiger partial charge >= 0.3 is 0 Å². The maximum absolute atomic E-state index is 13.1. The molecule has 8 nitrogen and oxygen atoms in total. The molecule has 0 aromatic heterocycles. The number of carbonyl (C=O) groups excluding carboxylic acids is 4. The fraction of sp³-hybridized carbons (Fsp3) is 0.727. The minimum absolute atomic E-state index is 0.0414. The van der Waals surface area contributed by atoms with E-state index in [2.05, 4.69) is 10.6 Å². The summed E-state index contributed by atoms with van der Waals surface area (Å²) in [6.07, 6.45) is 3.81. The first-order valence-electron chi connectivity index (χ1n) is 10.8. The Labute approximate surface area is 180 Å². The highest BCUT2D eigenvalue weighted by atomic mass is 16.2. The zero-order chi connectivity index (χ0) is 23.0. The summed E-state index contributed by atoms with van der Waals surface area (Å²) in [5, 5.41) is 5.50. The van der Waals surface area contributed by atoms with E-state index in [4.69, 9.17) is 0 Å². The number of likely N-dealkylation sites (N-methyl/N-ethyl adjacent to an activating group) is 1. The van der Waals surface area contributed by atoms with E-state index in [-0.39, 0.29) is 23.4 Å². The second-order valence-electron chi connectivity index (χ2n) is 8.39. The summed E-state index contributed by atoms with van der Waals surface area (Å²) in [6.45, 7) is 11.8. The molecule has 1 aliphatic heterocycles. The fourth-order valence-corrected chi connectivity index (χ4v) is 3.29. The minimum atomic E-state index is -0.731. The summed E-state index contributed by atoms with van der Waals surface area (Å²) in [6, 6.07) is -1.38. The Kier molecular flexibility index (Phi) is 10.0. The maximum atomic E-state index is 13.1. The molecule has 0 unspecified atom stereocenters. The van der Waals surface area contributed by atoms with Crippen molar-refractivity contribution in [3.8, 4) is 0 Å². The van der Waals surface area contributed by atoms with Gasteiger partial charge in [-0.2, -0.15) is 0 Å². The van der Waals surface area contributed by atoms with E-state index in [9.17, 15) is 19.2 Å². The van der Waals surface area contributed by atoms with Crippen molar-refractivity contribution in [1.82, 2.24) is 20.4 Å². The number of hydrogen-bond acceptors (Lipinski definition) is 4. The molecule has 1 saturated heterocycles. The summed E-state index contributed by atoms with van der Waals surface area (Å²) in [7, 11) is 1.53. The van der Waals surface area contributed by atoms with Gasteiger partial charge in [-0.1, -0.05) is 20.3 Å². The van der Waals surface area contributed by atoms with E-state index in [1.807, 2.05) is 18.7 Å². The Bertz CT molecular complexity index is 679. The molecule has 3 atom stereocenters. The largest absolute Gasteiger partial charge is 0.341 e. The monoisotopic (exact) mass is 422 g/mol. The molecule has 8 heteroatoms. The molecule has 170 valence electrons. The number of rotatable bonds is 8. The van der Waals surface area contributed by atoms with Gasteiger partial charge in [-0.15, -0.1) is 0 Å². The van der Waals surface area contributed by atoms with Gasteiger partial charge in [0.25, 0.3) is 5.91 Å². The van der Waals surface area contributed by atoms with E-state index < -0.39 is 23.9 Å². The molecule has 0 bridgehead atoms. The van der Waals surface area contributed by atoms with Crippen LogP contribution in [0.5, 0.6) is 0 Å². The van der Waals surface area contributed by atoms with Crippen LogP contribution in [-0.2, 0) is 19.2 Å². The van der Waals surface area contributed by atoms with Gasteiger partial charge in [0, 0.05) is 27.1 Å². The molecule has 0 aliphatic carbocycles. The number of carbonyl (C=O) groups is 4. The SMILES string of the molecule is CC[C@H](C)[C@H](NC(=O)C(NC(=O)[C@H](C)N(C)C(C)=O)=C(C)C)C(=O)N1CCCCC1. The van der Waals surface area contributed by atoms with Crippen LogP contribution in [0.1, 0.15) is 67.2 Å². The van der Waals surface area contributed by atoms with Crippen molar-refractivity contribution in [3.63, 3.8) is 0 Å². The molecule has 0 spiro atoms. The highest BCUT2D eigenvalue weighted by molar-refractivity contribution is 6.01. The first-order valence-corrected chi connectivity index (χ1v) is 10.8. The highest BCUT2D eigenvalue weighted by Crippen LogP contribution is 2.16. The smallest absolute Gasteiger partial charge is 0.268 e. The van der Waals surface area contributed by atoms with Crippen LogP contribution in [0, 0.1) is 5.92 Å². The van der Waals surface area contributed by atoms with Crippen LogP contribution >= 0.6 is 0 Å². The van der Waals surface area contributed by atoms with Crippen molar-refractivity contribution in [1.29, 1.82) is 0 Å². The lowest BCUT2D eigenvalue weighted by molar-refractivity contribution is -0.138. The van der Waals surface area contributed by atoms with Crippen LogP contribution in [0.15, 0.2) is 11.3 Å². The van der Waals surface area contributed by atoms with Gasteiger partial charge in [0.15, 0.2) is 0 Å². The molecule has 0 radical (unpaired) electrons. The van der Waals surface area contributed by atoms with Gasteiger partial charge in [0.2, 0.25) is 17.7 Å². The summed E-state index contributed by atoms with van der Waals surface area (Å²) >= 11 is 0. The lowest BCUT2D eigenvalue weighted by Gasteiger charge is -2.33. The second-order valence-corrected chi connectivity index (χ2v) is 8.39. The predicted octanol–water partition coefficient (Wildman–Crippen LogP) is 1.81. The average molecular weight is 423 g/mol. The zero-order valence-electron chi connectivity index (χ0n) is 19.5. The van der Waals surface area contributed by atoms with Gasteiger partial charge in [-0.05, 0) is 51.5 Å². The topological polar surface area (TPSA) is 98.8 Å². The molecule has 30 heavy (non-hydrogen) atoms. The molecular weight excluding hydrogens is 384 g/mol. The molecular formula is C22H38N4O4. The second kappa shape index (κ2) is 11.7. The highest BCUT2D eigenvalue weighted by Gasteiger charge is 2.32. The van der Waals surface area contributed by atoms with Crippen molar-refractivity contribution < 1.29 is 19.2 Å². The van der Waals surface area contributed by atoms with Crippen LogP contribution in [0.25, 0.3) is 0 Å². The van der Waals surface area contributed by atoms with Gasteiger partial charge in [0.05, 0.1) is 0 Å². The van der Waals surface area contributed by atoms with E-state index in [1.54, 1.807) is 20.8 Å². The molecule has 0 saturated carbocycles. The Morgan fingerprint density at radius 2 is 1.57 bits per heavy atom. The molecule has 1 fully saturated rings. The number of likely N-dealkylation sites (tertiary alicyclic amines) is 1. The number of amides is 4. The number of hydrogen-bond donors (Lipinski definition) is 2. The van der Waals surface area contributed by atoms with Gasteiger partial charge < -0.3 is 20.4 Å². The van der Waals surface area contributed by atoms with Crippen LogP contribution in [0.3, 0.4) is 0 Å². The molecule has 2 N–H and O–H groups in total. The average Bonchev–Trinajstić information content (AvgIpc) is 2.73. The third kappa shape index (κ3) is 6.85. The third-order valence-electron chi connectivity index (χ3n) is 5.87. The van der Waals surface area contributed by atoms with Gasteiger partial charge in [-0.3, -0.25) is 19.2 Å². The Morgan fingerprint density at radius 1 is 1.00 bits per heavy atom. The lowest BCUT2D eigenvalue weighted by atomic mass is 9.96. The van der Waals surface area contributed by atoms with Gasteiger partial charge in [0.1, 0.15) is 17.8 Å². The molecule has 0 aromatic rings. The summed E-state index contributed by atoms with van der Waals surface area (Å²) in [5.74, 6) is -1.30. The Balaban J connectivity index is 2.97. The predicted molar refractivity (Wildman–Crippen MR) is 116 cm³/mol. The number of nitrogens with zero attached hydrogens (tertiary/aromatic N) is 2. The van der Waals surface area contributed by atoms with Crippen molar-refractivity contribution in [3.05, 3.63) is 11.3 Å². The fourth-order valence-electron chi connectivity index (χ4n) is 3.29. The first kappa shape index (κ1) is 25.7. The molecule has 1 aliphatic rings. The van der Waals surface area contributed by atoms with E-state index in [1.165, 1.54) is 18.9 Å². The van der Waals surface area contributed by atoms with Crippen molar-refractivity contribution in [2.24, 2.45) is 5.92 Å². The quantitative estimate of drug-likeness (QED) is 0.583. The molecule has 4 amide bonds. The standard InChI is InChI=1S/C22H38N4O4/c1-8-15(4)19(22(30)26-12-10-9-11-13-26)24-21(29)18(14(2)3)23-20(28)16(5)25(7)17(6)27/h15-16,19H,8-13H2,1-7H3,(H,23,28)(H,24,29)/t15-,16-,19-/m0/s1. The molecule has 1 heterocycles. The van der Waals surface area contributed by atoms with E-state index >= 15 is 0 Å². The van der Waals surface area contributed by atoms with Crippen molar-refractivity contribution in [2.45, 2.75) is 79.3 Å². The first-order chi connectivity index (χ1) is 14.0. The zero-order valence-corrected chi connectivity index (χ0v) is 19.5. The van der Waals surface area contributed by atoms with Crippen LogP contribution in [-0.4, -0.2) is 65.6 Å². The summed E-state index contributed by atoms with van der Waals surface area (Å²) in [5.41, 5.74) is 0.732. The van der Waals surface area contributed by atoms with Gasteiger partial charge in [-0.25, -0.2) is 0 Å². The number of nitrogens with one attached hydrogen (secondary N) is 2.